The maximum absolute atomic E-state index is 9.27. The Morgan fingerprint density at radius 2 is 2.12 bits per heavy atom. The Labute approximate surface area is 93.3 Å². The first-order valence-electron chi connectivity index (χ1n) is 4.87. The summed E-state index contributed by atoms with van der Waals surface area (Å²) in [7, 11) is 0. The van der Waals surface area contributed by atoms with E-state index in [1.807, 2.05) is 6.07 Å². The Morgan fingerprint density at radius 1 is 1.25 bits per heavy atom. The lowest BCUT2D eigenvalue weighted by Crippen LogP contribution is -1.99. The molecule has 0 spiro atoms. The van der Waals surface area contributed by atoms with Gasteiger partial charge in [0.1, 0.15) is 12.4 Å². The zero-order valence-electron chi connectivity index (χ0n) is 8.63. The van der Waals surface area contributed by atoms with Crippen LogP contribution in [0.15, 0.2) is 42.6 Å². The van der Waals surface area contributed by atoms with Gasteiger partial charge in [0.25, 0.3) is 0 Å². The van der Waals surface area contributed by atoms with Crippen LogP contribution in [0.5, 0.6) is 11.5 Å². The van der Waals surface area contributed by atoms with E-state index in [0.29, 0.717) is 18.2 Å². The summed E-state index contributed by atoms with van der Waals surface area (Å²) in [5, 5.41) is 9.27. The largest absolute Gasteiger partial charge is 0.508 e. The summed E-state index contributed by atoms with van der Waals surface area (Å²) in [5.41, 5.74) is 6.51. The fourth-order valence-corrected chi connectivity index (χ4v) is 1.33. The molecule has 0 aliphatic rings. The summed E-state index contributed by atoms with van der Waals surface area (Å²) < 4.78 is 5.48. The van der Waals surface area contributed by atoms with Gasteiger partial charge in [-0.05, 0) is 29.8 Å². The van der Waals surface area contributed by atoms with Crippen molar-refractivity contribution >= 4 is 5.82 Å². The monoisotopic (exact) mass is 216 g/mol. The molecule has 0 bridgehead atoms. The number of aromatic hydroxyl groups is 1. The number of aromatic nitrogens is 1. The molecular formula is C12H12N2O2. The number of nitrogen functional groups attached to an aromatic ring is 1. The number of anilines is 1. The van der Waals surface area contributed by atoms with Gasteiger partial charge < -0.3 is 15.6 Å². The number of rotatable bonds is 3. The number of phenols is 1. The molecule has 0 aliphatic carbocycles. The Balaban J connectivity index is 2.05. The quantitative estimate of drug-likeness (QED) is 0.822. The van der Waals surface area contributed by atoms with Gasteiger partial charge in [0.15, 0.2) is 11.6 Å². The third kappa shape index (κ3) is 2.42. The molecule has 0 fully saturated rings. The zero-order chi connectivity index (χ0) is 11.4. The summed E-state index contributed by atoms with van der Waals surface area (Å²) >= 11 is 0. The molecule has 0 saturated heterocycles. The predicted molar refractivity (Wildman–Crippen MR) is 61.1 cm³/mol. The number of pyridine rings is 1. The van der Waals surface area contributed by atoms with Crippen LogP contribution in [0.1, 0.15) is 5.56 Å². The minimum absolute atomic E-state index is 0.222. The van der Waals surface area contributed by atoms with E-state index in [2.05, 4.69) is 4.98 Å². The summed E-state index contributed by atoms with van der Waals surface area (Å²) in [5.74, 6) is 1.13. The first-order chi connectivity index (χ1) is 7.75. The highest BCUT2D eigenvalue weighted by Crippen LogP contribution is 2.19. The Morgan fingerprint density at radius 3 is 2.88 bits per heavy atom. The average molecular weight is 216 g/mol. The number of phenolic OH excluding ortho intramolecular Hbond substituents is 1. The third-order valence-corrected chi connectivity index (χ3v) is 2.10. The van der Waals surface area contributed by atoms with Crippen molar-refractivity contribution < 1.29 is 9.84 Å². The van der Waals surface area contributed by atoms with E-state index < -0.39 is 0 Å². The second-order valence-corrected chi connectivity index (χ2v) is 3.35. The molecule has 0 unspecified atom stereocenters. The van der Waals surface area contributed by atoms with E-state index >= 15 is 0 Å². The minimum atomic E-state index is 0.222. The van der Waals surface area contributed by atoms with E-state index in [0.717, 1.165) is 5.56 Å². The van der Waals surface area contributed by atoms with Crippen LogP contribution in [0.25, 0.3) is 0 Å². The number of nitrogens with zero attached hydrogens (tertiary/aromatic N) is 1. The lowest BCUT2D eigenvalue weighted by molar-refractivity contribution is 0.306. The average Bonchev–Trinajstić information content (AvgIpc) is 2.28. The van der Waals surface area contributed by atoms with Gasteiger partial charge in [-0.25, -0.2) is 4.98 Å². The van der Waals surface area contributed by atoms with Gasteiger partial charge in [0.2, 0.25) is 0 Å². The third-order valence-electron chi connectivity index (χ3n) is 2.10. The lowest BCUT2D eigenvalue weighted by atomic mass is 10.2. The summed E-state index contributed by atoms with van der Waals surface area (Å²) in [4.78, 5) is 3.91. The van der Waals surface area contributed by atoms with E-state index in [-0.39, 0.29) is 5.75 Å². The highest BCUT2D eigenvalue weighted by atomic mass is 16.5. The van der Waals surface area contributed by atoms with Gasteiger partial charge in [0, 0.05) is 6.20 Å². The van der Waals surface area contributed by atoms with Crippen LogP contribution in [0.2, 0.25) is 0 Å². The number of hydrogen-bond acceptors (Lipinski definition) is 4. The fraction of sp³-hybridized carbons (Fsp3) is 0.0833. The van der Waals surface area contributed by atoms with Crippen LogP contribution in [-0.4, -0.2) is 10.1 Å². The highest BCUT2D eigenvalue weighted by Gasteiger charge is 2.00. The molecule has 0 saturated carbocycles. The maximum atomic E-state index is 9.27. The molecule has 0 atom stereocenters. The Bertz CT molecular complexity index is 486. The molecule has 0 radical (unpaired) electrons. The molecule has 2 rings (SSSR count). The van der Waals surface area contributed by atoms with Crippen molar-refractivity contribution in [3.63, 3.8) is 0 Å². The molecule has 1 aromatic heterocycles. The predicted octanol–water partition coefficient (Wildman–Crippen LogP) is 1.95. The minimum Gasteiger partial charge on any atom is -0.508 e. The van der Waals surface area contributed by atoms with Gasteiger partial charge in [-0.2, -0.15) is 0 Å². The Hall–Kier alpha value is -2.23. The molecular weight excluding hydrogens is 204 g/mol. The molecule has 0 aliphatic heterocycles. The molecule has 1 heterocycles. The molecule has 0 amide bonds. The molecule has 16 heavy (non-hydrogen) atoms. The van der Waals surface area contributed by atoms with Crippen molar-refractivity contribution in [3.05, 3.63) is 48.2 Å². The van der Waals surface area contributed by atoms with Gasteiger partial charge in [-0.3, -0.25) is 0 Å². The number of hydrogen-bond donors (Lipinski definition) is 2. The first-order valence-corrected chi connectivity index (χ1v) is 4.87. The molecule has 2 aromatic rings. The van der Waals surface area contributed by atoms with Crippen LogP contribution >= 0.6 is 0 Å². The lowest BCUT2D eigenvalue weighted by Gasteiger charge is -2.07. The molecule has 4 heteroatoms. The van der Waals surface area contributed by atoms with Gasteiger partial charge in [-0.1, -0.05) is 12.1 Å². The maximum Gasteiger partial charge on any atom is 0.166 e. The van der Waals surface area contributed by atoms with Crippen molar-refractivity contribution in [1.29, 1.82) is 0 Å². The van der Waals surface area contributed by atoms with Crippen LogP contribution < -0.4 is 10.5 Å². The highest BCUT2D eigenvalue weighted by molar-refractivity contribution is 5.44. The van der Waals surface area contributed by atoms with Crippen LogP contribution in [0.3, 0.4) is 0 Å². The standard InChI is InChI=1S/C12H12N2O2/c13-12-11(5-2-6-14-12)16-8-9-3-1-4-10(15)7-9/h1-7,15H,8H2,(H2,13,14). The van der Waals surface area contributed by atoms with Gasteiger partial charge in [-0.15, -0.1) is 0 Å². The fourth-order valence-electron chi connectivity index (χ4n) is 1.33. The van der Waals surface area contributed by atoms with Crippen molar-refractivity contribution in [2.75, 3.05) is 5.73 Å². The summed E-state index contributed by atoms with van der Waals surface area (Å²) in [6.45, 7) is 0.351. The van der Waals surface area contributed by atoms with Gasteiger partial charge >= 0.3 is 0 Å². The van der Waals surface area contributed by atoms with Crippen molar-refractivity contribution in [3.8, 4) is 11.5 Å². The van der Waals surface area contributed by atoms with Crippen LogP contribution in [0.4, 0.5) is 5.82 Å². The normalized spacial score (nSPS) is 10.0. The second-order valence-electron chi connectivity index (χ2n) is 3.35. The Kier molecular flexibility index (Phi) is 2.91. The van der Waals surface area contributed by atoms with E-state index in [1.165, 1.54) is 0 Å². The van der Waals surface area contributed by atoms with Gasteiger partial charge in [0.05, 0.1) is 0 Å². The smallest absolute Gasteiger partial charge is 0.166 e. The number of ether oxygens (including phenoxy) is 1. The van der Waals surface area contributed by atoms with Crippen molar-refractivity contribution in [1.82, 2.24) is 4.98 Å². The topological polar surface area (TPSA) is 68.4 Å². The summed E-state index contributed by atoms with van der Waals surface area (Å²) in [6, 6.07) is 10.4. The van der Waals surface area contributed by atoms with E-state index in [1.54, 1.807) is 36.5 Å². The van der Waals surface area contributed by atoms with Crippen molar-refractivity contribution in [2.24, 2.45) is 0 Å². The van der Waals surface area contributed by atoms with E-state index in [9.17, 15) is 5.11 Å². The summed E-state index contributed by atoms with van der Waals surface area (Å²) in [6.07, 6.45) is 1.61. The van der Waals surface area contributed by atoms with Crippen molar-refractivity contribution in [2.45, 2.75) is 6.61 Å². The van der Waals surface area contributed by atoms with E-state index in [4.69, 9.17) is 10.5 Å². The number of nitrogens with two attached hydrogens (primary N) is 1. The van der Waals surface area contributed by atoms with Crippen LogP contribution in [0, 0.1) is 0 Å². The molecule has 3 N–H and O–H groups in total. The zero-order valence-corrected chi connectivity index (χ0v) is 8.63. The molecule has 4 nitrogen and oxygen atoms in total. The second kappa shape index (κ2) is 4.53. The molecule has 82 valence electrons. The SMILES string of the molecule is Nc1ncccc1OCc1cccc(O)c1. The van der Waals surface area contributed by atoms with Crippen LogP contribution in [-0.2, 0) is 6.61 Å². The molecule has 1 aromatic carbocycles. The number of benzene rings is 1. The first kappa shape index (κ1) is 10.3.